The Hall–Kier alpha value is -2.97. The van der Waals surface area contributed by atoms with Gasteiger partial charge < -0.3 is 19.6 Å². The number of piperazine rings is 1. The van der Waals surface area contributed by atoms with E-state index in [0.29, 0.717) is 19.1 Å². The van der Waals surface area contributed by atoms with Gasteiger partial charge in [-0.2, -0.15) is 0 Å². The van der Waals surface area contributed by atoms with Gasteiger partial charge in [-0.15, -0.1) is 0 Å². The molecule has 5 rings (SSSR count). The number of hydrogen-bond acceptors (Lipinski definition) is 8. The molecule has 9 nitrogen and oxygen atoms in total. The van der Waals surface area contributed by atoms with Crippen molar-refractivity contribution in [3.05, 3.63) is 30.4 Å². The summed E-state index contributed by atoms with van der Waals surface area (Å²) >= 11 is 0. The van der Waals surface area contributed by atoms with Crippen molar-refractivity contribution in [3.8, 4) is 0 Å². The molecule has 2 fully saturated rings. The molecule has 30 heavy (non-hydrogen) atoms. The van der Waals surface area contributed by atoms with Crippen LogP contribution in [0.2, 0.25) is 0 Å². The van der Waals surface area contributed by atoms with E-state index in [1.54, 1.807) is 18.7 Å². The molecule has 1 saturated heterocycles. The molecular weight excluding hydrogens is 380 g/mol. The summed E-state index contributed by atoms with van der Waals surface area (Å²) < 4.78 is 0. The van der Waals surface area contributed by atoms with E-state index in [2.05, 4.69) is 34.6 Å². The molecule has 0 atom stereocenters. The van der Waals surface area contributed by atoms with E-state index >= 15 is 0 Å². The van der Waals surface area contributed by atoms with Gasteiger partial charge in [0.05, 0.1) is 18.7 Å². The molecule has 2 aromatic heterocycles. The van der Waals surface area contributed by atoms with E-state index in [4.69, 9.17) is 0 Å². The van der Waals surface area contributed by atoms with E-state index in [-0.39, 0.29) is 5.91 Å². The Morgan fingerprint density at radius 1 is 0.867 bits per heavy atom. The molecule has 0 bridgehead atoms. The number of aromatic nitrogens is 4. The fourth-order valence-corrected chi connectivity index (χ4v) is 4.89. The maximum absolute atomic E-state index is 13.0. The van der Waals surface area contributed by atoms with Gasteiger partial charge in [-0.3, -0.25) is 4.79 Å². The van der Waals surface area contributed by atoms with Gasteiger partial charge in [-0.1, -0.05) is 12.8 Å². The van der Waals surface area contributed by atoms with Gasteiger partial charge in [0.25, 0.3) is 0 Å². The third-order valence-corrected chi connectivity index (χ3v) is 6.46. The highest BCUT2D eigenvalue weighted by molar-refractivity contribution is 5.84. The smallest absolute Gasteiger partial charge is 0.242 e. The second kappa shape index (κ2) is 8.04. The van der Waals surface area contributed by atoms with Crippen molar-refractivity contribution in [2.75, 3.05) is 54.5 Å². The standard InChI is InChI=1S/C21H28N8O/c1-26-14-18(30)29(16-5-2-3-6-16)13-17-19(26)24-15-25-20(17)27-9-11-28(12-10-27)21-22-7-4-8-23-21/h4,7-8,15-16H,2-3,5-6,9-14H2,1H3. The van der Waals surface area contributed by atoms with E-state index in [1.165, 1.54) is 12.8 Å². The van der Waals surface area contributed by atoms with Gasteiger partial charge >= 0.3 is 0 Å². The molecule has 2 aliphatic heterocycles. The first-order chi connectivity index (χ1) is 14.7. The summed E-state index contributed by atoms with van der Waals surface area (Å²) in [7, 11) is 1.95. The van der Waals surface area contributed by atoms with Crippen molar-refractivity contribution in [1.82, 2.24) is 24.8 Å². The quantitative estimate of drug-likeness (QED) is 0.752. The van der Waals surface area contributed by atoms with Gasteiger partial charge in [0.15, 0.2) is 0 Å². The average Bonchev–Trinajstić information content (AvgIpc) is 3.28. The summed E-state index contributed by atoms with van der Waals surface area (Å²) in [4.78, 5) is 39.5. The van der Waals surface area contributed by atoms with Gasteiger partial charge in [0, 0.05) is 51.7 Å². The molecule has 4 heterocycles. The highest BCUT2D eigenvalue weighted by Crippen LogP contribution is 2.33. The molecule has 0 radical (unpaired) electrons. The van der Waals surface area contributed by atoms with Crippen LogP contribution in [0.4, 0.5) is 17.6 Å². The van der Waals surface area contributed by atoms with Crippen molar-refractivity contribution in [1.29, 1.82) is 0 Å². The molecule has 9 heteroatoms. The maximum Gasteiger partial charge on any atom is 0.242 e. The molecule has 1 saturated carbocycles. The number of nitrogens with zero attached hydrogens (tertiary/aromatic N) is 8. The predicted octanol–water partition coefficient (Wildman–Crippen LogP) is 1.31. The normalized spacial score (nSPS) is 20.5. The van der Waals surface area contributed by atoms with E-state index < -0.39 is 0 Å². The number of rotatable bonds is 3. The molecule has 158 valence electrons. The zero-order valence-electron chi connectivity index (χ0n) is 17.4. The summed E-state index contributed by atoms with van der Waals surface area (Å²) in [5, 5.41) is 0. The van der Waals surface area contributed by atoms with Crippen molar-refractivity contribution in [2.24, 2.45) is 0 Å². The van der Waals surface area contributed by atoms with E-state index in [1.807, 2.05) is 18.0 Å². The number of anilines is 3. The lowest BCUT2D eigenvalue weighted by molar-refractivity contribution is -0.132. The largest absolute Gasteiger partial charge is 0.353 e. The molecule has 0 spiro atoms. The van der Waals surface area contributed by atoms with E-state index in [9.17, 15) is 4.79 Å². The monoisotopic (exact) mass is 408 g/mol. The van der Waals surface area contributed by atoms with Crippen LogP contribution in [0.25, 0.3) is 0 Å². The number of fused-ring (bicyclic) bond motifs is 1. The molecular formula is C21H28N8O. The van der Waals surface area contributed by atoms with Crippen LogP contribution < -0.4 is 14.7 Å². The predicted molar refractivity (Wildman–Crippen MR) is 115 cm³/mol. The Kier molecular flexibility index (Phi) is 5.10. The van der Waals surface area contributed by atoms with Gasteiger partial charge in [0.1, 0.15) is 18.0 Å². The third kappa shape index (κ3) is 3.53. The summed E-state index contributed by atoms with van der Waals surface area (Å²) in [6.07, 6.45) is 9.81. The fraction of sp³-hybridized carbons (Fsp3) is 0.571. The zero-order valence-corrected chi connectivity index (χ0v) is 17.4. The number of hydrogen-bond donors (Lipinski definition) is 0. The van der Waals surface area contributed by atoms with Crippen molar-refractivity contribution < 1.29 is 4.79 Å². The number of amides is 1. The highest BCUT2D eigenvalue weighted by atomic mass is 16.2. The van der Waals surface area contributed by atoms with Crippen LogP contribution in [0, 0.1) is 0 Å². The first kappa shape index (κ1) is 19.0. The lowest BCUT2D eigenvalue weighted by Crippen LogP contribution is -2.48. The van der Waals surface area contributed by atoms with Crippen molar-refractivity contribution in [3.63, 3.8) is 0 Å². The number of carbonyl (C=O) groups excluding carboxylic acids is 1. The highest BCUT2D eigenvalue weighted by Gasteiger charge is 2.34. The van der Waals surface area contributed by atoms with Crippen LogP contribution >= 0.6 is 0 Å². The summed E-state index contributed by atoms with van der Waals surface area (Å²) in [6, 6.07) is 2.18. The SMILES string of the molecule is CN1CC(=O)N(C2CCCC2)Cc2c1ncnc2N1CCN(c2ncccn2)CC1. The second-order valence-corrected chi connectivity index (χ2v) is 8.34. The zero-order chi connectivity index (χ0) is 20.5. The summed E-state index contributed by atoms with van der Waals surface area (Å²) in [6.45, 7) is 4.32. The molecule has 2 aromatic rings. The van der Waals surface area contributed by atoms with Crippen LogP contribution in [0.15, 0.2) is 24.8 Å². The Morgan fingerprint density at radius 3 is 2.27 bits per heavy atom. The minimum absolute atomic E-state index is 0.194. The van der Waals surface area contributed by atoms with Crippen molar-refractivity contribution >= 4 is 23.5 Å². The van der Waals surface area contributed by atoms with Crippen LogP contribution in [0.3, 0.4) is 0 Å². The fourth-order valence-electron chi connectivity index (χ4n) is 4.89. The molecule has 0 unspecified atom stereocenters. The van der Waals surface area contributed by atoms with Crippen LogP contribution in [0.1, 0.15) is 31.2 Å². The Bertz CT molecular complexity index is 893. The minimum Gasteiger partial charge on any atom is -0.353 e. The second-order valence-electron chi connectivity index (χ2n) is 8.34. The maximum atomic E-state index is 13.0. The van der Waals surface area contributed by atoms with Gasteiger partial charge in [-0.05, 0) is 18.9 Å². The number of carbonyl (C=O) groups is 1. The lowest BCUT2D eigenvalue weighted by atomic mass is 10.1. The van der Waals surface area contributed by atoms with Crippen molar-refractivity contribution in [2.45, 2.75) is 38.3 Å². The van der Waals surface area contributed by atoms with Gasteiger partial charge in [-0.25, -0.2) is 19.9 Å². The molecule has 3 aliphatic rings. The molecule has 1 amide bonds. The topological polar surface area (TPSA) is 81.6 Å². The first-order valence-electron chi connectivity index (χ1n) is 10.8. The Labute approximate surface area is 176 Å². The minimum atomic E-state index is 0.194. The van der Waals surface area contributed by atoms with E-state index in [0.717, 1.165) is 62.2 Å². The Balaban J connectivity index is 1.40. The van der Waals surface area contributed by atoms with Crippen LogP contribution in [-0.2, 0) is 11.3 Å². The third-order valence-electron chi connectivity index (χ3n) is 6.46. The Morgan fingerprint density at radius 2 is 1.53 bits per heavy atom. The first-order valence-corrected chi connectivity index (χ1v) is 10.8. The van der Waals surface area contributed by atoms with Crippen LogP contribution in [0.5, 0.6) is 0 Å². The summed E-state index contributed by atoms with van der Waals surface area (Å²) in [5.41, 5.74) is 1.07. The molecule has 0 aromatic carbocycles. The van der Waals surface area contributed by atoms with Gasteiger partial charge in [0.2, 0.25) is 11.9 Å². The summed E-state index contributed by atoms with van der Waals surface area (Å²) in [5.74, 6) is 2.80. The average molecular weight is 409 g/mol. The molecule has 1 aliphatic carbocycles. The lowest BCUT2D eigenvalue weighted by Gasteiger charge is -2.36. The van der Waals surface area contributed by atoms with Crippen LogP contribution in [-0.4, -0.2) is 76.6 Å². The number of likely N-dealkylation sites (N-methyl/N-ethyl adjacent to an activating group) is 1. The molecule has 0 N–H and O–H groups in total.